The van der Waals surface area contributed by atoms with Crippen LogP contribution < -0.4 is 10.9 Å². The van der Waals surface area contributed by atoms with Gasteiger partial charge in [0.05, 0.1) is 16.6 Å². The Kier molecular flexibility index (Phi) is 5.05. The minimum atomic E-state index is -1.17. The lowest BCUT2D eigenvalue weighted by atomic mass is 10.2. The summed E-state index contributed by atoms with van der Waals surface area (Å²) in [4.78, 5) is 35.7. The first-order valence-electron chi connectivity index (χ1n) is 4.87. The van der Waals surface area contributed by atoms with Crippen LogP contribution in [0.2, 0.25) is 0 Å². The number of ether oxygens (including phenoxy) is 1. The van der Waals surface area contributed by atoms with Crippen molar-refractivity contribution < 1.29 is 19.4 Å². The van der Waals surface area contributed by atoms with Gasteiger partial charge in [-0.2, -0.15) is 0 Å². The van der Waals surface area contributed by atoms with E-state index in [0.717, 1.165) is 0 Å². The van der Waals surface area contributed by atoms with E-state index in [9.17, 15) is 14.4 Å². The molecule has 0 fully saturated rings. The molecule has 0 saturated carbocycles. The number of aliphatic carboxylic acids is 1. The van der Waals surface area contributed by atoms with Crippen LogP contribution in [0.15, 0.2) is 21.5 Å². The monoisotopic (exact) mass is 318 g/mol. The average Bonchev–Trinajstić information content (AvgIpc) is 2.32. The average molecular weight is 319 g/mol. The SMILES string of the molecule is COC(CNC(=O)c1c[nH]c(=O)c(Br)c1)C(=O)O. The number of carboxylic acid groups (broad SMARTS) is 1. The molecule has 18 heavy (non-hydrogen) atoms. The van der Waals surface area contributed by atoms with Crippen molar-refractivity contribution in [3.8, 4) is 0 Å². The molecule has 7 nitrogen and oxygen atoms in total. The van der Waals surface area contributed by atoms with Gasteiger partial charge in [0.1, 0.15) is 0 Å². The highest BCUT2D eigenvalue weighted by molar-refractivity contribution is 9.10. The summed E-state index contributed by atoms with van der Waals surface area (Å²) in [6, 6.07) is 1.34. The Morgan fingerprint density at radius 2 is 2.28 bits per heavy atom. The van der Waals surface area contributed by atoms with Gasteiger partial charge in [0, 0.05) is 13.3 Å². The maximum atomic E-state index is 11.6. The number of hydrogen-bond donors (Lipinski definition) is 3. The Labute approximate surface area is 110 Å². The number of carbonyl (C=O) groups excluding carboxylic acids is 1. The predicted molar refractivity (Wildman–Crippen MR) is 65.5 cm³/mol. The summed E-state index contributed by atoms with van der Waals surface area (Å²) in [7, 11) is 1.24. The summed E-state index contributed by atoms with van der Waals surface area (Å²) in [6.07, 6.45) is 0.130. The second-order valence-corrected chi connectivity index (χ2v) is 4.19. The van der Waals surface area contributed by atoms with Crippen molar-refractivity contribution in [1.82, 2.24) is 10.3 Å². The molecule has 1 aromatic rings. The number of H-pyrrole nitrogens is 1. The second-order valence-electron chi connectivity index (χ2n) is 3.34. The summed E-state index contributed by atoms with van der Waals surface area (Å²) < 4.78 is 4.88. The smallest absolute Gasteiger partial charge is 0.334 e. The van der Waals surface area contributed by atoms with Gasteiger partial charge in [-0.3, -0.25) is 9.59 Å². The fourth-order valence-electron chi connectivity index (χ4n) is 1.15. The first-order chi connectivity index (χ1) is 8.45. The van der Waals surface area contributed by atoms with Gasteiger partial charge in [0.15, 0.2) is 6.10 Å². The molecule has 0 saturated heterocycles. The molecule has 1 amide bonds. The lowest BCUT2D eigenvalue weighted by molar-refractivity contribution is -0.148. The van der Waals surface area contributed by atoms with Crippen LogP contribution in [-0.4, -0.2) is 41.7 Å². The molecule has 0 bridgehead atoms. The van der Waals surface area contributed by atoms with E-state index < -0.39 is 18.0 Å². The lowest BCUT2D eigenvalue weighted by Gasteiger charge is -2.11. The number of pyridine rings is 1. The zero-order valence-corrected chi connectivity index (χ0v) is 11.0. The van der Waals surface area contributed by atoms with E-state index in [0.29, 0.717) is 0 Å². The van der Waals surface area contributed by atoms with Gasteiger partial charge in [-0.25, -0.2) is 4.79 Å². The van der Waals surface area contributed by atoms with E-state index in [1.807, 2.05) is 0 Å². The number of amides is 1. The van der Waals surface area contributed by atoms with Crippen molar-refractivity contribution in [2.24, 2.45) is 0 Å². The number of carboxylic acids is 1. The molecule has 1 atom stereocenters. The molecule has 0 spiro atoms. The first-order valence-corrected chi connectivity index (χ1v) is 5.67. The quantitative estimate of drug-likeness (QED) is 0.706. The highest BCUT2D eigenvalue weighted by Crippen LogP contribution is 2.05. The van der Waals surface area contributed by atoms with Crippen LogP contribution in [0, 0.1) is 0 Å². The number of carbonyl (C=O) groups is 2. The lowest BCUT2D eigenvalue weighted by Crippen LogP contribution is -2.38. The summed E-state index contributed by atoms with van der Waals surface area (Å²) in [5, 5.41) is 11.1. The fraction of sp³-hybridized carbons (Fsp3) is 0.300. The van der Waals surface area contributed by atoms with Gasteiger partial charge in [-0.1, -0.05) is 0 Å². The normalized spacial score (nSPS) is 11.9. The van der Waals surface area contributed by atoms with Crippen molar-refractivity contribution >= 4 is 27.8 Å². The van der Waals surface area contributed by atoms with Crippen molar-refractivity contribution in [2.75, 3.05) is 13.7 Å². The molecule has 0 radical (unpaired) electrons. The Bertz CT molecular complexity index is 513. The molecule has 1 heterocycles. The third kappa shape index (κ3) is 3.67. The number of hydrogen-bond acceptors (Lipinski definition) is 4. The van der Waals surface area contributed by atoms with Crippen molar-refractivity contribution in [2.45, 2.75) is 6.10 Å². The second kappa shape index (κ2) is 6.31. The van der Waals surface area contributed by atoms with Gasteiger partial charge in [-0.15, -0.1) is 0 Å². The third-order valence-electron chi connectivity index (χ3n) is 2.13. The topological polar surface area (TPSA) is 108 Å². The van der Waals surface area contributed by atoms with Gasteiger partial charge in [0.2, 0.25) is 0 Å². The maximum Gasteiger partial charge on any atom is 0.334 e. The molecule has 0 aliphatic heterocycles. The Morgan fingerprint density at radius 3 is 2.78 bits per heavy atom. The molecule has 1 aromatic heterocycles. The van der Waals surface area contributed by atoms with E-state index in [1.54, 1.807) is 0 Å². The molecule has 1 unspecified atom stereocenters. The van der Waals surface area contributed by atoms with Crippen LogP contribution in [0.5, 0.6) is 0 Å². The highest BCUT2D eigenvalue weighted by Gasteiger charge is 2.17. The van der Waals surface area contributed by atoms with Gasteiger partial charge < -0.3 is 20.1 Å². The van der Waals surface area contributed by atoms with Crippen LogP contribution in [-0.2, 0) is 9.53 Å². The van der Waals surface area contributed by atoms with Crippen LogP contribution in [0.25, 0.3) is 0 Å². The van der Waals surface area contributed by atoms with Crippen molar-refractivity contribution in [3.63, 3.8) is 0 Å². The zero-order chi connectivity index (χ0) is 13.7. The number of rotatable bonds is 5. The highest BCUT2D eigenvalue weighted by atomic mass is 79.9. The number of halogens is 1. The van der Waals surface area contributed by atoms with Crippen LogP contribution in [0.4, 0.5) is 0 Å². The molecule has 0 aliphatic rings. The fourth-order valence-corrected chi connectivity index (χ4v) is 1.51. The van der Waals surface area contributed by atoms with Crippen LogP contribution in [0.1, 0.15) is 10.4 Å². The number of methoxy groups -OCH3 is 1. The van der Waals surface area contributed by atoms with E-state index in [2.05, 4.69) is 31.0 Å². The number of nitrogens with one attached hydrogen (secondary N) is 2. The minimum Gasteiger partial charge on any atom is -0.479 e. The molecule has 8 heteroatoms. The van der Waals surface area contributed by atoms with E-state index in [-0.39, 0.29) is 22.1 Å². The van der Waals surface area contributed by atoms with Crippen LogP contribution in [0.3, 0.4) is 0 Å². The Morgan fingerprint density at radius 1 is 1.61 bits per heavy atom. The predicted octanol–water partition coefficient (Wildman–Crippen LogP) is -0.0332. The number of aromatic amines is 1. The molecule has 1 rings (SSSR count). The van der Waals surface area contributed by atoms with Gasteiger partial charge in [0.25, 0.3) is 11.5 Å². The maximum absolute atomic E-state index is 11.6. The molecule has 3 N–H and O–H groups in total. The third-order valence-corrected chi connectivity index (χ3v) is 2.72. The van der Waals surface area contributed by atoms with E-state index in [1.165, 1.54) is 19.4 Å². The largest absolute Gasteiger partial charge is 0.479 e. The Balaban J connectivity index is 2.68. The van der Waals surface area contributed by atoms with Gasteiger partial charge in [-0.05, 0) is 22.0 Å². The van der Waals surface area contributed by atoms with Crippen LogP contribution >= 0.6 is 15.9 Å². The summed E-state index contributed by atoms with van der Waals surface area (Å²) in [5.74, 6) is -1.67. The molecular formula is C10H11BrN2O5. The van der Waals surface area contributed by atoms with E-state index in [4.69, 9.17) is 5.11 Å². The van der Waals surface area contributed by atoms with E-state index >= 15 is 0 Å². The van der Waals surface area contributed by atoms with Gasteiger partial charge >= 0.3 is 5.97 Å². The summed E-state index contributed by atoms with van der Waals surface area (Å²) in [6.45, 7) is -0.165. The Hall–Kier alpha value is -1.67. The first kappa shape index (κ1) is 14.4. The zero-order valence-electron chi connectivity index (χ0n) is 9.40. The molecule has 0 aromatic carbocycles. The number of aromatic nitrogens is 1. The summed E-state index contributed by atoms with van der Waals surface area (Å²) >= 11 is 2.99. The molecule has 0 aliphatic carbocycles. The minimum absolute atomic E-state index is 0.165. The standard InChI is InChI=1S/C10H11BrN2O5/c1-18-7(10(16)17)4-13-8(14)5-2-6(11)9(15)12-3-5/h2-3,7H,4H2,1H3,(H,12,15)(H,13,14)(H,16,17). The van der Waals surface area contributed by atoms with Crippen molar-refractivity contribution in [3.05, 3.63) is 32.7 Å². The summed E-state index contributed by atoms with van der Waals surface area (Å²) in [5.41, 5.74) is -0.145. The molecule has 98 valence electrons. The molecular weight excluding hydrogens is 308 g/mol. The van der Waals surface area contributed by atoms with Crippen molar-refractivity contribution in [1.29, 1.82) is 0 Å².